The molecule has 1 fully saturated rings. The highest BCUT2D eigenvalue weighted by Crippen LogP contribution is 2.17. The fourth-order valence-electron chi connectivity index (χ4n) is 2.85. The quantitative estimate of drug-likeness (QED) is 0.777. The number of carbonyl (C=O) groups excluding carboxylic acids is 2. The fraction of sp³-hybridized carbons (Fsp3) is 0.579. The molecule has 7 nitrogen and oxygen atoms in total. The van der Waals surface area contributed by atoms with E-state index in [0.717, 1.165) is 17.7 Å². The van der Waals surface area contributed by atoms with E-state index in [2.05, 4.69) is 15.5 Å². The molecule has 2 N–H and O–H groups in total. The number of hydrogen-bond donors (Lipinski definition) is 2. The van der Waals surface area contributed by atoms with E-state index >= 15 is 0 Å². The molecule has 0 unspecified atom stereocenters. The molecule has 0 radical (unpaired) electrons. The van der Waals surface area contributed by atoms with Crippen LogP contribution in [0.5, 0.6) is 0 Å². The molecule has 1 heterocycles. The molecular weight excluding hydrogens is 332 g/mol. The zero-order chi connectivity index (χ0) is 18.9. The molecular formula is C19H30N4O3. The molecule has 1 aliphatic rings. The molecule has 144 valence electrons. The van der Waals surface area contributed by atoms with Crippen LogP contribution in [0.4, 0.5) is 10.5 Å². The van der Waals surface area contributed by atoms with Gasteiger partial charge in [0.2, 0.25) is 5.91 Å². The zero-order valence-corrected chi connectivity index (χ0v) is 16.0. The van der Waals surface area contributed by atoms with Crippen LogP contribution in [0.3, 0.4) is 0 Å². The Bertz CT molecular complexity index is 600. The Morgan fingerprint density at radius 2 is 1.88 bits per heavy atom. The summed E-state index contributed by atoms with van der Waals surface area (Å²) in [5.41, 5.74) is 1.72. The molecule has 26 heavy (non-hydrogen) atoms. The Morgan fingerprint density at radius 3 is 2.54 bits per heavy atom. The second kappa shape index (κ2) is 10.1. The van der Waals surface area contributed by atoms with Gasteiger partial charge in [-0.15, -0.1) is 0 Å². The van der Waals surface area contributed by atoms with Gasteiger partial charge in [0.05, 0.1) is 13.2 Å². The highest BCUT2D eigenvalue weighted by atomic mass is 16.5. The molecule has 1 aliphatic heterocycles. The second-order valence-corrected chi connectivity index (χ2v) is 6.66. The van der Waals surface area contributed by atoms with Gasteiger partial charge < -0.3 is 20.3 Å². The lowest BCUT2D eigenvalue weighted by molar-refractivity contribution is -0.123. The van der Waals surface area contributed by atoms with Crippen molar-refractivity contribution in [1.82, 2.24) is 15.1 Å². The van der Waals surface area contributed by atoms with Gasteiger partial charge in [-0.2, -0.15) is 0 Å². The molecule has 2 rings (SSSR count). The van der Waals surface area contributed by atoms with Gasteiger partial charge in [0, 0.05) is 50.6 Å². The number of benzene rings is 1. The number of anilines is 1. The monoisotopic (exact) mass is 362 g/mol. The molecule has 1 atom stereocenters. The van der Waals surface area contributed by atoms with Crippen molar-refractivity contribution < 1.29 is 14.3 Å². The molecule has 0 spiro atoms. The summed E-state index contributed by atoms with van der Waals surface area (Å²) in [5, 5.41) is 5.94. The molecule has 0 aliphatic carbocycles. The molecule has 0 aromatic heterocycles. The maximum atomic E-state index is 12.5. The number of piperazine rings is 1. The Morgan fingerprint density at radius 1 is 1.19 bits per heavy atom. The predicted octanol–water partition coefficient (Wildman–Crippen LogP) is 1.90. The van der Waals surface area contributed by atoms with Gasteiger partial charge in [0.1, 0.15) is 0 Å². The standard InChI is InChI=1S/C19H30N4O3/c1-4-15(2)20-18(24)13-22-9-11-23(12-10-22)19(25)21-17-8-6-5-7-16(17)14-26-3/h5-8,15H,4,9-14H2,1-3H3,(H,20,24)(H,21,25)/t15-/m1/s1. The average molecular weight is 362 g/mol. The normalized spacial score (nSPS) is 16.2. The SMILES string of the molecule is CC[C@@H](C)NC(=O)CN1CCN(C(=O)Nc2ccccc2COC)CC1. The van der Waals surface area contributed by atoms with Gasteiger partial charge in [-0.1, -0.05) is 25.1 Å². The molecule has 3 amide bonds. The number of nitrogens with one attached hydrogen (secondary N) is 2. The summed E-state index contributed by atoms with van der Waals surface area (Å²) in [6, 6.07) is 7.71. The summed E-state index contributed by atoms with van der Waals surface area (Å²) in [6.07, 6.45) is 0.921. The molecule has 1 aromatic rings. The summed E-state index contributed by atoms with van der Waals surface area (Å²) in [5.74, 6) is 0.0470. The minimum atomic E-state index is -0.114. The molecule has 0 saturated carbocycles. The number of rotatable bonds is 7. The Hall–Kier alpha value is -2.12. The van der Waals surface area contributed by atoms with Crippen molar-refractivity contribution in [3.8, 4) is 0 Å². The van der Waals surface area contributed by atoms with Crippen LogP contribution in [-0.4, -0.2) is 67.6 Å². The van der Waals surface area contributed by atoms with E-state index in [4.69, 9.17) is 4.74 Å². The summed E-state index contributed by atoms with van der Waals surface area (Å²) >= 11 is 0. The van der Waals surface area contributed by atoms with E-state index in [-0.39, 0.29) is 18.0 Å². The van der Waals surface area contributed by atoms with E-state index in [1.807, 2.05) is 38.1 Å². The van der Waals surface area contributed by atoms with Crippen LogP contribution < -0.4 is 10.6 Å². The van der Waals surface area contributed by atoms with Crippen LogP contribution in [0.2, 0.25) is 0 Å². The lowest BCUT2D eigenvalue weighted by Gasteiger charge is -2.34. The lowest BCUT2D eigenvalue weighted by atomic mass is 10.2. The average Bonchev–Trinajstić information content (AvgIpc) is 2.64. The maximum absolute atomic E-state index is 12.5. The highest BCUT2D eigenvalue weighted by molar-refractivity contribution is 5.90. The minimum Gasteiger partial charge on any atom is -0.380 e. The first-order chi connectivity index (χ1) is 12.5. The van der Waals surface area contributed by atoms with Crippen LogP contribution in [0.25, 0.3) is 0 Å². The summed E-state index contributed by atoms with van der Waals surface area (Å²) < 4.78 is 5.17. The maximum Gasteiger partial charge on any atom is 0.321 e. The van der Waals surface area contributed by atoms with Crippen LogP contribution in [0, 0.1) is 0 Å². The first kappa shape index (κ1) is 20.2. The largest absolute Gasteiger partial charge is 0.380 e. The summed E-state index contributed by atoms with van der Waals surface area (Å²) in [6.45, 7) is 7.49. The number of urea groups is 1. The number of methoxy groups -OCH3 is 1. The number of hydrogen-bond acceptors (Lipinski definition) is 4. The van der Waals surface area contributed by atoms with Crippen LogP contribution in [-0.2, 0) is 16.1 Å². The van der Waals surface area contributed by atoms with Crippen molar-refractivity contribution in [2.24, 2.45) is 0 Å². The number of ether oxygens (including phenoxy) is 1. The van der Waals surface area contributed by atoms with Gasteiger partial charge in [-0.25, -0.2) is 4.79 Å². The number of carbonyl (C=O) groups is 2. The number of nitrogens with zero attached hydrogens (tertiary/aromatic N) is 2. The Balaban J connectivity index is 1.80. The zero-order valence-electron chi connectivity index (χ0n) is 16.0. The topological polar surface area (TPSA) is 73.9 Å². The van der Waals surface area contributed by atoms with Gasteiger partial charge in [-0.3, -0.25) is 9.69 Å². The van der Waals surface area contributed by atoms with Crippen LogP contribution in [0.1, 0.15) is 25.8 Å². The van der Waals surface area contributed by atoms with Gasteiger partial charge >= 0.3 is 6.03 Å². The van der Waals surface area contributed by atoms with E-state index in [1.54, 1.807) is 12.0 Å². The van der Waals surface area contributed by atoms with Crippen molar-refractivity contribution in [3.63, 3.8) is 0 Å². The molecule has 0 bridgehead atoms. The Kier molecular flexibility index (Phi) is 7.87. The second-order valence-electron chi connectivity index (χ2n) is 6.66. The van der Waals surface area contributed by atoms with Crippen molar-refractivity contribution in [2.45, 2.75) is 32.9 Å². The Labute approximate surface area is 155 Å². The van der Waals surface area contributed by atoms with Crippen LogP contribution in [0.15, 0.2) is 24.3 Å². The van der Waals surface area contributed by atoms with Crippen molar-refractivity contribution in [1.29, 1.82) is 0 Å². The van der Waals surface area contributed by atoms with Gasteiger partial charge in [0.15, 0.2) is 0 Å². The smallest absolute Gasteiger partial charge is 0.321 e. The van der Waals surface area contributed by atoms with Crippen molar-refractivity contribution in [3.05, 3.63) is 29.8 Å². The molecule has 7 heteroatoms. The molecule has 1 saturated heterocycles. The number of amides is 3. The van der Waals surface area contributed by atoms with Crippen molar-refractivity contribution >= 4 is 17.6 Å². The minimum absolute atomic E-state index is 0.0470. The number of para-hydroxylation sites is 1. The summed E-state index contributed by atoms with van der Waals surface area (Å²) in [4.78, 5) is 28.4. The van der Waals surface area contributed by atoms with Crippen LogP contribution >= 0.6 is 0 Å². The van der Waals surface area contributed by atoms with E-state index < -0.39 is 0 Å². The highest BCUT2D eigenvalue weighted by Gasteiger charge is 2.23. The van der Waals surface area contributed by atoms with E-state index in [0.29, 0.717) is 39.3 Å². The lowest BCUT2D eigenvalue weighted by Crippen LogP contribution is -2.52. The molecule has 1 aromatic carbocycles. The van der Waals surface area contributed by atoms with Gasteiger partial charge in [-0.05, 0) is 19.4 Å². The third-order valence-corrected chi connectivity index (χ3v) is 4.61. The predicted molar refractivity (Wildman–Crippen MR) is 102 cm³/mol. The van der Waals surface area contributed by atoms with Crippen molar-refractivity contribution in [2.75, 3.05) is 45.2 Å². The third kappa shape index (κ3) is 6.00. The van der Waals surface area contributed by atoms with E-state index in [1.165, 1.54) is 0 Å². The van der Waals surface area contributed by atoms with Gasteiger partial charge in [0.25, 0.3) is 0 Å². The third-order valence-electron chi connectivity index (χ3n) is 4.61. The first-order valence-corrected chi connectivity index (χ1v) is 9.18. The first-order valence-electron chi connectivity index (χ1n) is 9.18. The fourth-order valence-corrected chi connectivity index (χ4v) is 2.85. The summed E-state index contributed by atoms with van der Waals surface area (Å²) in [7, 11) is 1.63. The van der Waals surface area contributed by atoms with E-state index in [9.17, 15) is 9.59 Å².